The number of aliphatic hydroxyl groups is 1. The second-order valence-electron chi connectivity index (χ2n) is 5.44. The van der Waals surface area contributed by atoms with Crippen molar-refractivity contribution in [2.45, 2.75) is 26.8 Å². The minimum atomic E-state index is -0.141. The first kappa shape index (κ1) is 17.4. The number of nitrogens with zero attached hydrogens (tertiary/aromatic N) is 2. The minimum absolute atomic E-state index is 0.0315. The number of aryl methyl sites for hydroxylation is 1. The molecule has 0 saturated carbocycles. The fraction of sp³-hybridized carbons (Fsp3) is 0.412. The maximum Gasteiger partial charge on any atom is 0.308 e. The van der Waals surface area contributed by atoms with E-state index in [1.54, 1.807) is 4.90 Å². The lowest BCUT2D eigenvalue weighted by Crippen LogP contribution is -2.39. The van der Waals surface area contributed by atoms with Gasteiger partial charge < -0.3 is 10.0 Å². The number of aliphatic hydroxyl groups excluding tert-OH is 1. The van der Waals surface area contributed by atoms with Crippen molar-refractivity contribution in [2.75, 3.05) is 19.7 Å². The van der Waals surface area contributed by atoms with Gasteiger partial charge in [0.25, 0.3) is 0 Å². The molecule has 1 aromatic heterocycles. The van der Waals surface area contributed by atoms with Crippen LogP contribution in [0.4, 0.5) is 0 Å². The molecule has 0 radical (unpaired) electrons. The number of thiazole rings is 1. The van der Waals surface area contributed by atoms with Gasteiger partial charge in [0.05, 0.1) is 6.61 Å². The highest BCUT2D eigenvalue weighted by molar-refractivity contribution is 7.09. The van der Waals surface area contributed by atoms with Crippen molar-refractivity contribution in [2.24, 2.45) is 0 Å². The molecule has 5 nitrogen and oxygen atoms in total. The standard InChI is InChI=1S/C17H22N2O3S/c1-13-14(2)23-17(22)19(13)12-16(21)18(10-11-20)9-8-15-6-4-3-5-7-15/h3-7,20H,8-12H2,1-2H3. The number of amides is 1. The van der Waals surface area contributed by atoms with Crippen molar-refractivity contribution in [1.29, 1.82) is 0 Å². The average Bonchev–Trinajstić information content (AvgIpc) is 2.78. The van der Waals surface area contributed by atoms with Crippen LogP contribution in [0.25, 0.3) is 0 Å². The molecule has 0 fully saturated rings. The van der Waals surface area contributed by atoms with E-state index in [1.165, 1.54) is 4.57 Å². The lowest BCUT2D eigenvalue weighted by Gasteiger charge is -2.22. The van der Waals surface area contributed by atoms with E-state index in [-0.39, 0.29) is 30.5 Å². The van der Waals surface area contributed by atoms with Gasteiger partial charge in [-0.15, -0.1) is 0 Å². The Morgan fingerprint density at radius 3 is 2.48 bits per heavy atom. The molecule has 0 aliphatic rings. The van der Waals surface area contributed by atoms with Crippen LogP contribution in [-0.4, -0.2) is 40.2 Å². The number of aromatic nitrogens is 1. The minimum Gasteiger partial charge on any atom is -0.395 e. The third-order valence-corrected chi connectivity index (χ3v) is 4.90. The van der Waals surface area contributed by atoms with Crippen LogP contribution in [0.5, 0.6) is 0 Å². The summed E-state index contributed by atoms with van der Waals surface area (Å²) in [4.78, 5) is 26.9. The van der Waals surface area contributed by atoms with Crippen LogP contribution >= 0.6 is 11.3 Å². The van der Waals surface area contributed by atoms with Gasteiger partial charge in [-0.3, -0.25) is 14.2 Å². The van der Waals surface area contributed by atoms with Crippen molar-refractivity contribution in [3.8, 4) is 0 Å². The third-order valence-electron chi connectivity index (χ3n) is 3.90. The molecule has 2 aromatic rings. The highest BCUT2D eigenvalue weighted by atomic mass is 32.1. The van der Waals surface area contributed by atoms with Gasteiger partial charge in [-0.2, -0.15) is 0 Å². The third kappa shape index (κ3) is 4.53. The quantitative estimate of drug-likeness (QED) is 0.836. The van der Waals surface area contributed by atoms with E-state index in [2.05, 4.69) is 0 Å². The SMILES string of the molecule is Cc1sc(=O)n(CC(=O)N(CCO)CCc2ccccc2)c1C. The number of carbonyl (C=O) groups excluding carboxylic acids is 1. The number of rotatable bonds is 7. The molecule has 0 unspecified atom stereocenters. The molecule has 124 valence electrons. The van der Waals surface area contributed by atoms with Crippen LogP contribution in [0.15, 0.2) is 35.1 Å². The van der Waals surface area contributed by atoms with Gasteiger partial charge in [-0.05, 0) is 25.8 Å². The topological polar surface area (TPSA) is 62.5 Å². The molecule has 1 amide bonds. The van der Waals surface area contributed by atoms with Crippen LogP contribution in [0.1, 0.15) is 16.1 Å². The second kappa shape index (κ2) is 8.08. The average molecular weight is 334 g/mol. The predicted molar refractivity (Wildman–Crippen MR) is 91.9 cm³/mol. The first-order chi connectivity index (χ1) is 11.0. The second-order valence-corrected chi connectivity index (χ2v) is 6.60. The summed E-state index contributed by atoms with van der Waals surface area (Å²) < 4.78 is 1.51. The van der Waals surface area contributed by atoms with E-state index in [1.807, 2.05) is 44.2 Å². The molecule has 1 N–H and O–H groups in total. The maximum absolute atomic E-state index is 12.5. The zero-order valence-corrected chi connectivity index (χ0v) is 14.3. The van der Waals surface area contributed by atoms with Crippen molar-refractivity contribution in [1.82, 2.24) is 9.47 Å². The predicted octanol–water partition coefficient (Wildman–Crippen LogP) is 1.59. The number of hydrogen-bond donors (Lipinski definition) is 1. The molecular weight excluding hydrogens is 312 g/mol. The first-order valence-corrected chi connectivity index (χ1v) is 8.44. The number of benzene rings is 1. The van der Waals surface area contributed by atoms with Gasteiger partial charge in [-0.25, -0.2) is 0 Å². The monoisotopic (exact) mass is 334 g/mol. The Hall–Kier alpha value is -1.92. The molecule has 0 atom stereocenters. The van der Waals surface area contributed by atoms with E-state index in [9.17, 15) is 14.7 Å². The molecule has 1 aromatic carbocycles. The summed E-state index contributed by atoms with van der Waals surface area (Å²) in [6.07, 6.45) is 0.725. The highest BCUT2D eigenvalue weighted by Crippen LogP contribution is 2.10. The Balaban J connectivity index is 2.04. The fourth-order valence-electron chi connectivity index (χ4n) is 2.40. The number of carbonyl (C=O) groups is 1. The lowest BCUT2D eigenvalue weighted by molar-refractivity contribution is -0.132. The molecular formula is C17H22N2O3S. The highest BCUT2D eigenvalue weighted by Gasteiger charge is 2.17. The molecule has 0 bridgehead atoms. The summed E-state index contributed by atoms with van der Waals surface area (Å²) in [5.41, 5.74) is 1.98. The first-order valence-electron chi connectivity index (χ1n) is 7.62. The summed E-state index contributed by atoms with van der Waals surface area (Å²) in [5, 5.41) is 9.20. The molecule has 0 spiro atoms. The van der Waals surface area contributed by atoms with Gasteiger partial charge in [0.15, 0.2) is 0 Å². The van der Waals surface area contributed by atoms with Gasteiger partial charge in [0, 0.05) is 23.7 Å². The molecule has 1 heterocycles. The molecule has 0 aliphatic heterocycles. The Labute approximate surface area is 139 Å². The van der Waals surface area contributed by atoms with Crippen LogP contribution in [-0.2, 0) is 17.8 Å². The largest absolute Gasteiger partial charge is 0.395 e. The van der Waals surface area contributed by atoms with Crippen molar-refractivity contribution >= 4 is 17.2 Å². The maximum atomic E-state index is 12.5. The van der Waals surface area contributed by atoms with Crippen molar-refractivity contribution in [3.63, 3.8) is 0 Å². The molecule has 0 saturated heterocycles. The van der Waals surface area contributed by atoms with E-state index in [0.29, 0.717) is 6.54 Å². The van der Waals surface area contributed by atoms with Gasteiger partial charge in [-0.1, -0.05) is 41.7 Å². The summed E-state index contributed by atoms with van der Waals surface area (Å²) in [6.45, 7) is 4.48. The summed E-state index contributed by atoms with van der Waals surface area (Å²) in [6, 6.07) is 9.90. The van der Waals surface area contributed by atoms with E-state index >= 15 is 0 Å². The summed E-state index contributed by atoms with van der Waals surface area (Å²) in [7, 11) is 0. The van der Waals surface area contributed by atoms with Crippen molar-refractivity contribution < 1.29 is 9.90 Å². The molecule has 2 rings (SSSR count). The number of hydrogen-bond acceptors (Lipinski definition) is 4. The Bertz CT molecular complexity index is 706. The van der Waals surface area contributed by atoms with Crippen LogP contribution in [0.2, 0.25) is 0 Å². The van der Waals surface area contributed by atoms with Crippen LogP contribution < -0.4 is 4.87 Å². The zero-order chi connectivity index (χ0) is 16.8. The van der Waals surface area contributed by atoms with E-state index in [0.717, 1.165) is 33.9 Å². The summed E-state index contributed by atoms with van der Waals surface area (Å²) >= 11 is 1.16. The zero-order valence-electron chi connectivity index (χ0n) is 13.5. The fourth-order valence-corrected chi connectivity index (χ4v) is 3.23. The van der Waals surface area contributed by atoms with Crippen molar-refractivity contribution in [3.05, 3.63) is 56.1 Å². The van der Waals surface area contributed by atoms with Gasteiger partial charge in [0.1, 0.15) is 6.54 Å². The Morgan fingerprint density at radius 1 is 1.22 bits per heavy atom. The van der Waals surface area contributed by atoms with Crippen LogP contribution in [0.3, 0.4) is 0 Å². The Kier molecular flexibility index (Phi) is 6.12. The van der Waals surface area contributed by atoms with Gasteiger partial charge >= 0.3 is 4.87 Å². The molecule has 23 heavy (non-hydrogen) atoms. The lowest BCUT2D eigenvalue weighted by atomic mass is 10.1. The van der Waals surface area contributed by atoms with E-state index in [4.69, 9.17) is 0 Å². The van der Waals surface area contributed by atoms with Crippen LogP contribution in [0, 0.1) is 13.8 Å². The van der Waals surface area contributed by atoms with E-state index < -0.39 is 0 Å². The smallest absolute Gasteiger partial charge is 0.308 e. The molecule has 6 heteroatoms. The normalized spacial score (nSPS) is 10.7. The Morgan fingerprint density at radius 2 is 1.91 bits per heavy atom. The molecule has 0 aliphatic carbocycles. The summed E-state index contributed by atoms with van der Waals surface area (Å²) in [5.74, 6) is -0.141. The van der Waals surface area contributed by atoms with Gasteiger partial charge in [0.2, 0.25) is 5.91 Å².